The van der Waals surface area contributed by atoms with Crippen molar-refractivity contribution in [1.82, 2.24) is 10.6 Å². The second kappa shape index (κ2) is 3.90. The molecule has 1 amide bonds. The average molecular weight is 170 g/mol. The van der Waals surface area contributed by atoms with E-state index >= 15 is 0 Å². The minimum atomic E-state index is -0.0643. The van der Waals surface area contributed by atoms with Crippen molar-refractivity contribution >= 4 is 5.91 Å². The molecule has 1 atom stereocenters. The summed E-state index contributed by atoms with van der Waals surface area (Å²) in [6.07, 6.45) is 2.31. The lowest BCUT2D eigenvalue weighted by Gasteiger charge is -2.16. The summed E-state index contributed by atoms with van der Waals surface area (Å²) in [5.74, 6) is 0.131. The lowest BCUT2D eigenvalue weighted by molar-refractivity contribution is -0.123. The van der Waals surface area contributed by atoms with Crippen LogP contribution in [0, 0.1) is 0 Å². The number of carbonyl (C=O) groups excluding carboxylic acids is 1. The maximum atomic E-state index is 11.4. The van der Waals surface area contributed by atoms with Crippen LogP contribution >= 0.6 is 0 Å². The molecule has 0 saturated heterocycles. The summed E-state index contributed by atoms with van der Waals surface area (Å²) in [6.45, 7) is 5.99. The molecule has 1 rings (SSSR count). The molecule has 3 nitrogen and oxygen atoms in total. The van der Waals surface area contributed by atoms with Crippen LogP contribution in [0.15, 0.2) is 0 Å². The van der Waals surface area contributed by atoms with E-state index in [0.717, 1.165) is 12.8 Å². The molecule has 1 unspecified atom stereocenters. The topological polar surface area (TPSA) is 41.1 Å². The van der Waals surface area contributed by atoms with Gasteiger partial charge in [0.2, 0.25) is 5.91 Å². The Bertz CT molecular complexity index is 164. The van der Waals surface area contributed by atoms with Crippen molar-refractivity contribution in [3.8, 4) is 0 Å². The monoisotopic (exact) mass is 170 g/mol. The first-order valence-electron chi connectivity index (χ1n) is 4.66. The molecule has 1 saturated carbocycles. The maximum Gasteiger partial charge on any atom is 0.237 e. The van der Waals surface area contributed by atoms with Gasteiger partial charge in [-0.1, -0.05) is 13.8 Å². The molecule has 0 spiro atoms. The minimum absolute atomic E-state index is 0.0643. The van der Waals surface area contributed by atoms with E-state index in [-0.39, 0.29) is 11.9 Å². The van der Waals surface area contributed by atoms with Gasteiger partial charge in [0.05, 0.1) is 6.04 Å². The SMILES string of the molecule is CC(C)NC(C)C(=O)NC1CC1. The first-order chi connectivity index (χ1) is 5.59. The van der Waals surface area contributed by atoms with Gasteiger partial charge in [0, 0.05) is 12.1 Å². The Labute approximate surface area is 73.9 Å². The molecule has 0 aromatic heterocycles. The summed E-state index contributed by atoms with van der Waals surface area (Å²) in [6, 6.07) is 0.768. The van der Waals surface area contributed by atoms with Crippen LogP contribution in [0.2, 0.25) is 0 Å². The zero-order valence-corrected chi connectivity index (χ0v) is 8.05. The number of amides is 1. The molecule has 0 aromatic carbocycles. The van der Waals surface area contributed by atoms with Crippen molar-refractivity contribution in [1.29, 1.82) is 0 Å². The van der Waals surface area contributed by atoms with Crippen molar-refractivity contribution in [3.05, 3.63) is 0 Å². The molecular formula is C9H18N2O. The van der Waals surface area contributed by atoms with Gasteiger partial charge in [0.25, 0.3) is 0 Å². The number of carbonyl (C=O) groups is 1. The zero-order chi connectivity index (χ0) is 9.14. The maximum absolute atomic E-state index is 11.4. The summed E-state index contributed by atoms with van der Waals surface area (Å²) in [4.78, 5) is 11.4. The highest BCUT2D eigenvalue weighted by molar-refractivity contribution is 5.81. The summed E-state index contributed by atoms with van der Waals surface area (Å²) >= 11 is 0. The highest BCUT2D eigenvalue weighted by Gasteiger charge is 2.25. The highest BCUT2D eigenvalue weighted by atomic mass is 16.2. The van der Waals surface area contributed by atoms with Gasteiger partial charge in [-0.2, -0.15) is 0 Å². The van der Waals surface area contributed by atoms with Gasteiger partial charge in [0.15, 0.2) is 0 Å². The Hall–Kier alpha value is -0.570. The van der Waals surface area contributed by atoms with Crippen molar-refractivity contribution in [2.75, 3.05) is 0 Å². The standard InChI is InChI=1S/C9H18N2O/c1-6(2)10-7(3)9(12)11-8-4-5-8/h6-8,10H,4-5H2,1-3H3,(H,11,12). The van der Waals surface area contributed by atoms with Gasteiger partial charge in [0.1, 0.15) is 0 Å². The van der Waals surface area contributed by atoms with Gasteiger partial charge >= 0.3 is 0 Å². The molecular weight excluding hydrogens is 152 g/mol. The lowest BCUT2D eigenvalue weighted by atomic mass is 10.2. The Morgan fingerprint density at radius 1 is 1.33 bits per heavy atom. The van der Waals surface area contributed by atoms with Crippen LogP contribution < -0.4 is 10.6 Å². The van der Waals surface area contributed by atoms with Crippen molar-refractivity contribution in [2.24, 2.45) is 0 Å². The van der Waals surface area contributed by atoms with Crippen LogP contribution in [0.1, 0.15) is 33.6 Å². The van der Waals surface area contributed by atoms with E-state index in [9.17, 15) is 4.79 Å². The number of rotatable bonds is 4. The molecule has 1 aliphatic carbocycles. The van der Waals surface area contributed by atoms with E-state index in [1.54, 1.807) is 0 Å². The van der Waals surface area contributed by atoms with Crippen molar-refractivity contribution in [2.45, 2.75) is 51.7 Å². The molecule has 0 bridgehead atoms. The summed E-state index contributed by atoms with van der Waals surface area (Å²) in [5, 5.41) is 6.12. The summed E-state index contributed by atoms with van der Waals surface area (Å²) < 4.78 is 0. The fourth-order valence-electron chi connectivity index (χ4n) is 1.13. The second-order valence-corrected chi connectivity index (χ2v) is 3.83. The fraction of sp³-hybridized carbons (Fsp3) is 0.889. The van der Waals surface area contributed by atoms with Crippen molar-refractivity contribution < 1.29 is 4.79 Å². The lowest BCUT2D eigenvalue weighted by Crippen LogP contribution is -2.45. The van der Waals surface area contributed by atoms with Crippen LogP contribution in [0.25, 0.3) is 0 Å². The third kappa shape index (κ3) is 3.22. The second-order valence-electron chi connectivity index (χ2n) is 3.83. The van der Waals surface area contributed by atoms with Gasteiger partial charge in [-0.05, 0) is 19.8 Å². The van der Waals surface area contributed by atoms with E-state index in [0.29, 0.717) is 12.1 Å². The van der Waals surface area contributed by atoms with Gasteiger partial charge < -0.3 is 10.6 Å². The van der Waals surface area contributed by atoms with Crippen LogP contribution in [-0.2, 0) is 4.79 Å². The Balaban J connectivity index is 2.19. The van der Waals surface area contributed by atoms with E-state index in [2.05, 4.69) is 10.6 Å². The van der Waals surface area contributed by atoms with Gasteiger partial charge in [-0.15, -0.1) is 0 Å². The third-order valence-electron chi connectivity index (χ3n) is 1.90. The van der Waals surface area contributed by atoms with Crippen LogP contribution in [0.4, 0.5) is 0 Å². The molecule has 0 aliphatic heterocycles. The van der Waals surface area contributed by atoms with E-state index in [4.69, 9.17) is 0 Å². The van der Waals surface area contributed by atoms with Crippen LogP contribution in [0.3, 0.4) is 0 Å². The zero-order valence-electron chi connectivity index (χ0n) is 8.05. The molecule has 1 fully saturated rings. The van der Waals surface area contributed by atoms with Gasteiger partial charge in [-0.25, -0.2) is 0 Å². The average Bonchev–Trinajstić information content (AvgIpc) is 2.70. The first kappa shape index (κ1) is 9.52. The van der Waals surface area contributed by atoms with Crippen molar-refractivity contribution in [3.63, 3.8) is 0 Å². The molecule has 0 heterocycles. The first-order valence-corrected chi connectivity index (χ1v) is 4.66. The third-order valence-corrected chi connectivity index (χ3v) is 1.90. The predicted octanol–water partition coefficient (Wildman–Crippen LogP) is 0.651. The quantitative estimate of drug-likeness (QED) is 0.650. The molecule has 70 valence electrons. The fourth-order valence-corrected chi connectivity index (χ4v) is 1.13. The Morgan fingerprint density at radius 2 is 1.92 bits per heavy atom. The van der Waals surface area contributed by atoms with Gasteiger partial charge in [-0.3, -0.25) is 4.79 Å². The Morgan fingerprint density at radius 3 is 2.33 bits per heavy atom. The highest BCUT2D eigenvalue weighted by Crippen LogP contribution is 2.18. The number of hydrogen-bond acceptors (Lipinski definition) is 2. The van der Waals surface area contributed by atoms with E-state index in [1.165, 1.54) is 0 Å². The molecule has 12 heavy (non-hydrogen) atoms. The summed E-state index contributed by atoms with van der Waals surface area (Å²) in [7, 11) is 0. The Kier molecular flexibility index (Phi) is 3.09. The molecule has 0 radical (unpaired) electrons. The smallest absolute Gasteiger partial charge is 0.237 e. The van der Waals surface area contributed by atoms with E-state index < -0.39 is 0 Å². The predicted molar refractivity (Wildman–Crippen MR) is 48.9 cm³/mol. The van der Waals surface area contributed by atoms with Crippen LogP contribution in [-0.4, -0.2) is 24.0 Å². The molecule has 0 aromatic rings. The largest absolute Gasteiger partial charge is 0.352 e. The molecule has 3 heteroatoms. The van der Waals surface area contributed by atoms with Crippen LogP contribution in [0.5, 0.6) is 0 Å². The normalized spacial score (nSPS) is 19.3. The van der Waals surface area contributed by atoms with E-state index in [1.807, 2.05) is 20.8 Å². The molecule has 1 aliphatic rings. The number of hydrogen-bond donors (Lipinski definition) is 2. The molecule has 2 N–H and O–H groups in total. The summed E-state index contributed by atoms with van der Waals surface area (Å²) in [5.41, 5.74) is 0. The number of nitrogens with one attached hydrogen (secondary N) is 2. The minimum Gasteiger partial charge on any atom is -0.352 e.